The summed E-state index contributed by atoms with van der Waals surface area (Å²) in [4.78, 5) is 11.9. The van der Waals surface area contributed by atoms with Crippen molar-refractivity contribution in [1.29, 1.82) is 0 Å². The van der Waals surface area contributed by atoms with Gasteiger partial charge in [0.15, 0.2) is 0 Å². The molecule has 0 fully saturated rings. The van der Waals surface area contributed by atoms with E-state index in [1.165, 1.54) is 18.2 Å². The minimum absolute atomic E-state index is 0.0133. The van der Waals surface area contributed by atoms with Crippen molar-refractivity contribution in [3.63, 3.8) is 0 Å². The Hall–Kier alpha value is -1.26. The number of phenols is 1. The highest BCUT2D eigenvalue weighted by molar-refractivity contribution is 6.33. The van der Waals surface area contributed by atoms with Crippen LogP contribution in [-0.2, 0) is 0 Å². The van der Waals surface area contributed by atoms with Crippen LogP contribution in [-0.4, -0.2) is 23.6 Å². The third-order valence-corrected chi connectivity index (χ3v) is 2.78. The van der Waals surface area contributed by atoms with E-state index in [4.69, 9.17) is 17.3 Å². The highest BCUT2D eigenvalue weighted by Gasteiger charge is 2.14. The first-order valence-electron chi connectivity index (χ1n) is 5.58. The fourth-order valence-corrected chi connectivity index (χ4v) is 1.75. The summed E-state index contributed by atoms with van der Waals surface area (Å²) in [6, 6.07) is 4.21. The summed E-state index contributed by atoms with van der Waals surface area (Å²) in [5.41, 5.74) is 5.82. The number of amides is 1. The van der Waals surface area contributed by atoms with Crippen molar-refractivity contribution in [2.24, 2.45) is 5.73 Å². The second-order valence-electron chi connectivity index (χ2n) is 3.86. The van der Waals surface area contributed by atoms with Crippen LogP contribution < -0.4 is 11.1 Å². The van der Waals surface area contributed by atoms with E-state index in [2.05, 4.69) is 5.32 Å². The Bertz CT molecular complexity index is 396. The molecule has 0 bridgehead atoms. The van der Waals surface area contributed by atoms with E-state index < -0.39 is 0 Å². The number of nitrogens with one attached hydrogen (secondary N) is 1. The molecule has 1 atom stereocenters. The van der Waals surface area contributed by atoms with Crippen LogP contribution in [0.4, 0.5) is 0 Å². The number of rotatable bonds is 5. The van der Waals surface area contributed by atoms with E-state index in [0.29, 0.717) is 11.6 Å². The number of benzene rings is 1. The van der Waals surface area contributed by atoms with E-state index in [0.717, 1.165) is 12.8 Å². The molecule has 94 valence electrons. The summed E-state index contributed by atoms with van der Waals surface area (Å²) in [6.07, 6.45) is 1.76. The lowest BCUT2D eigenvalue weighted by Gasteiger charge is -2.16. The van der Waals surface area contributed by atoms with Crippen molar-refractivity contribution in [2.45, 2.75) is 25.8 Å². The monoisotopic (exact) mass is 256 g/mol. The topological polar surface area (TPSA) is 75.3 Å². The lowest BCUT2D eigenvalue weighted by molar-refractivity contribution is 0.0936. The van der Waals surface area contributed by atoms with Gasteiger partial charge in [-0.1, -0.05) is 24.9 Å². The molecular formula is C12H17ClN2O2. The molecule has 5 heteroatoms. The lowest BCUT2D eigenvalue weighted by Crippen LogP contribution is -2.40. The van der Waals surface area contributed by atoms with Gasteiger partial charge >= 0.3 is 0 Å². The van der Waals surface area contributed by atoms with Crippen molar-refractivity contribution in [3.05, 3.63) is 28.8 Å². The molecular weight excluding hydrogens is 240 g/mol. The third-order valence-electron chi connectivity index (χ3n) is 2.45. The standard InChI is InChI=1S/C12H17ClN2O2/c1-2-3-8(7-14)15-12(17)10-6-9(16)4-5-11(10)13/h4-6,8,16H,2-3,7,14H2,1H3,(H,15,17). The average Bonchev–Trinajstić information content (AvgIpc) is 2.31. The normalized spacial score (nSPS) is 12.2. The van der Waals surface area contributed by atoms with Gasteiger partial charge < -0.3 is 16.2 Å². The number of phenolic OH excluding ortho intramolecular Hbond substituents is 1. The molecule has 0 saturated carbocycles. The van der Waals surface area contributed by atoms with Gasteiger partial charge in [-0.05, 0) is 24.6 Å². The number of carbonyl (C=O) groups excluding carboxylic acids is 1. The van der Waals surface area contributed by atoms with Crippen molar-refractivity contribution in [1.82, 2.24) is 5.32 Å². The van der Waals surface area contributed by atoms with Crippen LogP contribution in [0.2, 0.25) is 5.02 Å². The predicted octanol–water partition coefficient (Wildman–Crippen LogP) is 1.90. The molecule has 1 aromatic rings. The van der Waals surface area contributed by atoms with Crippen LogP contribution in [0.25, 0.3) is 0 Å². The molecule has 1 amide bonds. The second-order valence-corrected chi connectivity index (χ2v) is 4.27. The molecule has 0 spiro atoms. The number of halogens is 1. The Balaban J connectivity index is 2.78. The Morgan fingerprint density at radius 1 is 1.59 bits per heavy atom. The highest BCUT2D eigenvalue weighted by atomic mass is 35.5. The molecule has 1 unspecified atom stereocenters. The molecule has 17 heavy (non-hydrogen) atoms. The molecule has 0 saturated heterocycles. The van der Waals surface area contributed by atoms with Gasteiger partial charge in [0, 0.05) is 12.6 Å². The fourth-order valence-electron chi connectivity index (χ4n) is 1.55. The van der Waals surface area contributed by atoms with Crippen molar-refractivity contribution in [3.8, 4) is 5.75 Å². The fraction of sp³-hybridized carbons (Fsp3) is 0.417. The first kappa shape index (κ1) is 13.8. The molecule has 4 nitrogen and oxygen atoms in total. The SMILES string of the molecule is CCCC(CN)NC(=O)c1cc(O)ccc1Cl. The first-order valence-corrected chi connectivity index (χ1v) is 5.95. The maximum absolute atomic E-state index is 11.9. The molecule has 0 aromatic heterocycles. The number of hydrogen-bond donors (Lipinski definition) is 3. The van der Waals surface area contributed by atoms with Crippen molar-refractivity contribution < 1.29 is 9.90 Å². The van der Waals surface area contributed by atoms with Crippen LogP contribution >= 0.6 is 11.6 Å². The summed E-state index contributed by atoms with van der Waals surface area (Å²) < 4.78 is 0. The molecule has 0 aliphatic heterocycles. The average molecular weight is 257 g/mol. The van der Waals surface area contributed by atoms with Gasteiger partial charge in [-0.2, -0.15) is 0 Å². The molecule has 4 N–H and O–H groups in total. The van der Waals surface area contributed by atoms with E-state index >= 15 is 0 Å². The van der Waals surface area contributed by atoms with E-state index in [1.54, 1.807) is 0 Å². The zero-order valence-corrected chi connectivity index (χ0v) is 10.5. The van der Waals surface area contributed by atoms with E-state index in [-0.39, 0.29) is 23.3 Å². The lowest BCUT2D eigenvalue weighted by atomic mass is 10.1. The number of hydrogen-bond acceptors (Lipinski definition) is 3. The zero-order valence-electron chi connectivity index (χ0n) is 9.74. The zero-order chi connectivity index (χ0) is 12.8. The predicted molar refractivity (Wildman–Crippen MR) is 68.3 cm³/mol. The van der Waals surface area contributed by atoms with Gasteiger partial charge in [-0.3, -0.25) is 4.79 Å². The van der Waals surface area contributed by atoms with Crippen LogP contribution in [0.3, 0.4) is 0 Å². The Morgan fingerprint density at radius 2 is 2.29 bits per heavy atom. The van der Waals surface area contributed by atoms with E-state index in [1.807, 2.05) is 6.92 Å². The Labute approximate surface area is 106 Å². The number of carbonyl (C=O) groups is 1. The minimum Gasteiger partial charge on any atom is -0.508 e. The number of aromatic hydroxyl groups is 1. The van der Waals surface area contributed by atoms with Crippen LogP contribution in [0.15, 0.2) is 18.2 Å². The molecule has 1 aromatic carbocycles. The number of nitrogens with two attached hydrogens (primary N) is 1. The second kappa shape index (κ2) is 6.47. The van der Waals surface area contributed by atoms with Crippen LogP contribution in [0.1, 0.15) is 30.1 Å². The van der Waals surface area contributed by atoms with Gasteiger partial charge in [-0.15, -0.1) is 0 Å². The quantitative estimate of drug-likeness (QED) is 0.753. The third kappa shape index (κ3) is 3.91. The largest absolute Gasteiger partial charge is 0.508 e. The summed E-state index contributed by atoms with van der Waals surface area (Å²) in [6.45, 7) is 2.41. The summed E-state index contributed by atoms with van der Waals surface area (Å²) >= 11 is 5.89. The van der Waals surface area contributed by atoms with Gasteiger partial charge in [0.1, 0.15) is 5.75 Å². The van der Waals surface area contributed by atoms with Crippen molar-refractivity contribution in [2.75, 3.05) is 6.54 Å². The molecule has 1 rings (SSSR count). The molecule has 0 aliphatic carbocycles. The van der Waals surface area contributed by atoms with Gasteiger partial charge in [0.05, 0.1) is 10.6 Å². The molecule has 0 aliphatic rings. The first-order chi connectivity index (χ1) is 8.08. The van der Waals surface area contributed by atoms with Crippen LogP contribution in [0, 0.1) is 0 Å². The highest BCUT2D eigenvalue weighted by Crippen LogP contribution is 2.21. The summed E-state index contributed by atoms with van der Waals surface area (Å²) in [5, 5.41) is 12.4. The minimum atomic E-state index is -0.310. The van der Waals surface area contributed by atoms with Crippen LogP contribution in [0.5, 0.6) is 5.75 Å². The summed E-state index contributed by atoms with van der Waals surface area (Å²) in [7, 11) is 0. The Kier molecular flexibility index (Phi) is 5.25. The van der Waals surface area contributed by atoms with Crippen molar-refractivity contribution >= 4 is 17.5 Å². The Morgan fingerprint density at radius 3 is 2.88 bits per heavy atom. The maximum Gasteiger partial charge on any atom is 0.253 e. The van der Waals surface area contributed by atoms with E-state index in [9.17, 15) is 9.90 Å². The molecule has 0 heterocycles. The van der Waals surface area contributed by atoms with Gasteiger partial charge in [0.2, 0.25) is 0 Å². The van der Waals surface area contributed by atoms with Gasteiger partial charge in [0.25, 0.3) is 5.91 Å². The maximum atomic E-state index is 11.9. The molecule has 0 radical (unpaired) electrons. The van der Waals surface area contributed by atoms with Gasteiger partial charge in [-0.25, -0.2) is 0 Å². The summed E-state index contributed by atoms with van der Waals surface area (Å²) in [5.74, 6) is -0.297. The smallest absolute Gasteiger partial charge is 0.253 e.